The standard InChI is InChI=1S/C16H20N4OS/c1-11-14(12-3-5-13(6-4-12)15(17)21)18-16(22-11)20-9-7-19(2)8-10-20/h3-6H,7-10H2,1-2H3,(H2,17,21). The molecule has 1 amide bonds. The molecule has 0 saturated carbocycles. The van der Waals surface area contributed by atoms with Gasteiger partial charge in [0, 0.05) is 42.2 Å². The Morgan fingerprint density at radius 1 is 1.18 bits per heavy atom. The summed E-state index contributed by atoms with van der Waals surface area (Å²) in [6.07, 6.45) is 0. The molecule has 0 bridgehead atoms. The van der Waals surface area contributed by atoms with Gasteiger partial charge in [-0.05, 0) is 26.1 Å². The molecule has 2 heterocycles. The van der Waals surface area contributed by atoms with Gasteiger partial charge in [-0.25, -0.2) is 4.98 Å². The van der Waals surface area contributed by atoms with Crippen molar-refractivity contribution in [3.05, 3.63) is 34.7 Å². The van der Waals surface area contributed by atoms with Gasteiger partial charge in [-0.2, -0.15) is 0 Å². The Kier molecular flexibility index (Phi) is 4.13. The molecule has 3 rings (SSSR count). The van der Waals surface area contributed by atoms with E-state index < -0.39 is 5.91 Å². The van der Waals surface area contributed by atoms with Crippen molar-refractivity contribution in [1.82, 2.24) is 9.88 Å². The third-order valence-corrected chi connectivity index (χ3v) is 5.03. The SMILES string of the molecule is Cc1sc(N2CCN(C)CC2)nc1-c1ccc(C(N)=O)cc1. The van der Waals surface area contributed by atoms with E-state index in [0.717, 1.165) is 42.6 Å². The highest BCUT2D eigenvalue weighted by Gasteiger charge is 2.19. The fourth-order valence-corrected chi connectivity index (χ4v) is 3.56. The molecule has 6 heteroatoms. The number of nitrogens with zero attached hydrogens (tertiary/aromatic N) is 3. The fraction of sp³-hybridized carbons (Fsp3) is 0.375. The van der Waals surface area contributed by atoms with Crippen LogP contribution < -0.4 is 10.6 Å². The van der Waals surface area contributed by atoms with Crippen LogP contribution in [-0.4, -0.2) is 49.0 Å². The number of hydrogen-bond acceptors (Lipinski definition) is 5. The number of aromatic nitrogens is 1. The number of primary amides is 1. The highest BCUT2D eigenvalue weighted by molar-refractivity contribution is 7.16. The van der Waals surface area contributed by atoms with E-state index >= 15 is 0 Å². The van der Waals surface area contributed by atoms with Gasteiger partial charge in [-0.3, -0.25) is 4.79 Å². The molecule has 5 nitrogen and oxygen atoms in total. The second-order valence-electron chi connectivity index (χ2n) is 5.63. The van der Waals surface area contributed by atoms with Crippen molar-refractivity contribution >= 4 is 22.4 Å². The predicted molar refractivity (Wildman–Crippen MR) is 90.5 cm³/mol. The van der Waals surface area contributed by atoms with Crippen LogP contribution in [0.2, 0.25) is 0 Å². The Hall–Kier alpha value is -1.92. The number of carbonyl (C=O) groups is 1. The monoisotopic (exact) mass is 316 g/mol. The number of piperazine rings is 1. The molecule has 2 N–H and O–H groups in total. The minimum Gasteiger partial charge on any atom is -0.366 e. The Morgan fingerprint density at radius 3 is 2.41 bits per heavy atom. The van der Waals surface area contributed by atoms with Crippen molar-refractivity contribution < 1.29 is 4.79 Å². The second-order valence-corrected chi connectivity index (χ2v) is 6.81. The molecule has 0 spiro atoms. The van der Waals surface area contributed by atoms with Crippen LogP contribution in [0.15, 0.2) is 24.3 Å². The molecule has 1 fully saturated rings. The van der Waals surface area contributed by atoms with E-state index in [0.29, 0.717) is 5.56 Å². The number of benzene rings is 1. The maximum atomic E-state index is 11.2. The van der Waals surface area contributed by atoms with Gasteiger partial charge in [-0.15, -0.1) is 11.3 Å². The largest absolute Gasteiger partial charge is 0.366 e. The third kappa shape index (κ3) is 2.98. The van der Waals surface area contributed by atoms with Crippen molar-refractivity contribution in [3.63, 3.8) is 0 Å². The van der Waals surface area contributed by atoms with Gasteiger partial charge in [0.15, 0.2) is 5.13 Å². The minimum atomic E-state index is -0.403. The summed E-state index contributed by atoms with van der Waals surface area (Å²) in [5.74, 6) is -0.403. The van der Waals surface area contributed by atoms with E-state index in [4.69, 9.17) is 10.7 Å². The second kappa shape index (κ2) is 6.06. The molecular formula is C16H20N4OS. The van der Waals surface area contributed by atoms with E-state index in [1.165, 1.54) is 4.88 Å². The number of thiazole rings is 1. The molecule has 2 aromatic rings. The van der Waals surface area contributed by atoms with Gasteiger partial charge in [0.05, 0.1) is 5.69 Å². The van der Waals surface area contributed by atoms with Crippen LogP contribution >= 0.6 is 11.3 Å². The number of likely N-dealkylation sites (N-methyl/N-ethyl adjacent to an activating group) is 1. The zero-order valence-corrected chi connectivity index (χ0v) is 13.7. The fourth-order valence-electron chi connectivity index (χ4n) is 2.58. The Labute approximate surface area is 134 Å². The normalized spacial score (nSPS) is 16.0. The summed E-state index contributed by atoms with van der Waals surface area (Å²) < 4.78 is 0. The number of hydrogen-bond donors (Lipinski definition) is 1. The van der Waals surface area contributed by atoms with Crippen LogP contribution in [0.3, 0.4) is 0 Å². The van der Waals surface area contributed by atoms with E-state index in [-0.39, 0.29) is 0 Å². The van der Waals surface area contributed by atoms with Crippen LogP contribution in [-0.2, 0) is 0 Å². The average molecular weight is 316 g/mol. The lowest BCUT2D eigenvalue weighted by molar-refractivity contribution is 0.100. The molecule has 0 unspecified atom stereocenters. The highest BCUT2D eigenvalue weighted by Crippen LogP contribution is 2.32. The van der Waals surface area contributed by atoms with Crippen molar-refractivity contribution in [1.29, 1.82) is 0 Å². The number of carbonyl (C=O) groups excluding carboxylic acids is 1. The van der Waals surface area contributed by atoms with E-state index in [2.05, 4.69) is 23.8 Å². The number of aryl methyl sites for hydroxylation is 1. The smallest absolute Gasteiger partial charge is 0.248 e. The van der Waals surface area contributed by atoms with E-state index in [1.54, 1.807) is 23.5 Å². The van der Waals surface area contributed by atoms with Gasteiger partial charge in [0.1, 0.15) is 0 Å². The van der Waals surface area contributed by atoms with Gasteiger partial charge in [0.25, 0.3) is 0 Å². The first kappa shape index (κ1) is 15.0. The lowest BCUT2D eigenvalue weighted by Crippen LogP contribution is -2.44. The summed E-state index contributed by atoms with van der Waals surface area (Å²) in [4.78, 5) is 21.8. The van der Waals surface area contributed by atoms with Crippen molar-refractivity contribution in [3.8, 4) is 11.3 Å². The lowest BCUT2D eigenvalue weighted by atomic mass is 10.1. The maximum absolute atomic E-state index is 11.2. The third-order valence-electron chi connectivity index (χ3n) is 4.00. The van der Waals surface area contributed by atoms with E-state index in [9.17, 15) is 4.79 Å². The summed E-state index contributed by atoms with van der Waals surface area (Å²) in [5, 5.41) is 1.08. The van der Waals surface area contributed by atoms with Crippen LogP contribution in [0.4, 0.5) is 5.13 Å². The maximum Gasteiger partial charge on any atom is 0.248 e. The molecular weight excluding hydrogens is 296 g/mol. The van der Waals surface area contributed by atoms with Gasteiger partial charge in [-0.1, -0.05) is 12.1 Å². The first-order chi connectivity index (χ1) is 10.5. The van der Waals surface area contributed by atoms with Crippen LogP contribution in [0.1, 0.15) is 15.2 Å². The van der Waals surface area contributed by atoms with Crippen LogP contribution in [0.5, 0.6) is 0 Å². The number of rotatable bonds is 3. The average Bonchev–Trinajstić information content (AvgIpc) is 2.90. The van der Waals surface area contributed by atoms with Gasteiger partial charge in [0.2, 0.25) is 5.91 Å². The molecule has 0 atom stereocenters. The Morgan fingerprint density at radius 2 is 1.82 bits per heavy atom. The lowest BCUT2D eigenvalue weighted by Gasteiger charge is -2.32. The van der Waals surface area contributed by atoms with Crippen molar-refractivity contribution in [2.45, 2.75) is 6.92 Å². The first-order valence-electron chi connectivity index (χ1n) is 7.36. The highest BCUT2D eigenvalue weighted by atomic mass is 32.1. The van der Waals surface area contributed by atoms with E-state index in [1.807, 2.05) is 12.1 Å². The number of anilines is 1. The summed E-state index contributed by atoms with van der Waals surface area (Å²) in [7, 11) is 2.15. The number of amides is 1. The Bertz CT molecular complexity index is 672. The molecule has 1 aromatic carbocycles. The quantitative estimate of drug-likeness (QED) is 0.940. The molecule has 22 heavy (non-hydrogen) atoms. The molecule has 1 saturated heterocycles. The zero-order valence-electron chi connectivity index (χ0n) is 12.9. The summed E-state index contributed by atoms with van der Waals surface area (Å²) in [5.41, 5.74) is 7.83. The summed E-state index contributed by atoms with van der Waals surface area (Å²) in [6.45, 7) is 6.27. The Balaban J connectivity index is 1.84. The number of nitrogens with two attached hydrogens (primary N) is 1. The molecule has 0 aliphatic carbocycles. The molecule has 1 aliphatic rings. The topological polar surface area (TPSA) is 62.5 Å². The van der Waals surface area contributed by atoms with Crippen molar-refractivity contribution in [2.75, 3.05) is 38.1 Å². The molecule has 1 aromatic heterocycles. The van der Waals surface area contributed by atoms with Crippen LogP contribution in [0, 0.1) is 6.92 Å². The zero-order chi connectivity index (χ0) is 15.7. The summed E-state index contributed by atoms with van der Waals surface area (Å²) in [6, 6.07) is 7.34. The first-order valence-corrected chi connectivity index (χ1v) is 8.17. The minimum absolute atomic E-state index is 0.403. The molecule has 0 radical (unpaired) electrons. The van der Waals surface area contributed by atoms with Gasteiger partial charge >= 0.3 is 0 Å². The summed E-state index contributed by atoms with van der Waals surface area (Å²) >= 11 is 1.73. The van der Waals surface area contributed by atoms with Gasteiger partial charge < -0.3 is 15.5 Å². The molecule has 1 aliphatic heterocycles. The van der Waals surface area contributed by atoms with Crippen LogP contribution in [0.25, 0.3) is 11.3 Å². The van der Waals surface area contributed by atoms with Crippen molar-refractivity contribution in [2.24, 2.45) is 5.73 Å². The predicted octanol–water partition coefficient (Wildman–Crippen LogP) is 1.97. The molecule has 116 valence electrons.